The molecule has 0 rings (SSSR count). The zero-order valence-electron chi connectivity index (χ0n) is 2.28. The summed E-state index contributed by atoms with van der Waals surface area (Å²) < 4.78 is 0. The van der Waals surface area contributed by atoms with Crippen molar-refractivity contribution >= 4 is 40.0 Å². The van der Waals surface area contributed by atoms with Gasteiger partial charge in [-0.05, 0) is 0 Å². The first kappa shape index (κ1) is 9.78. The fourth-order valence-corrected chi connectivity index (χ4v) is 0. The number of hydrogen-bond acceptors (Lipinski definition) is 0. The summed E-state index contributed by atoms with van der Waals surface area (Å²) in [7, 11) is 0.628. The third kappa shape index (κ3) is 28.3. The van der Waals surface area contributed by atoms with Crippen molar-refractivity contribution in [1.29, 1.82) is 0 Å². The minimum absolute atomic E-state index is 0.628. The molecular formula is C2HI2V-. The molecule has 0 aliphatic heterocycles. The van der Waals surface area contributed by atoms with Gasteiger partial charge in [0.15, 0.2) is 0 Å². The minimum atomic E-state index is 0.628. The van der Waals surface area contributed by atoms with E-state index in [2.05, 4.69) is 46.4 Å². The molecule has 0 amide bonds. The van der Waals surface area contributed by atoms with E-state index < -0.39 is 0 Å². The van der Waals surface area contributed by atoms with Gasteiger partial charge in [0.2, 0.25) is 0 Å². The Labute approximate surface area is 61.3 Å². The van der Waals surface area contributed by atoms with Crippen LogP contribution >= 0.6 is 40.0 Å². The fraction of sp³-hybridized carbons (Fsp3) is 0. The number of terminal acetylenes is 1. The van der Waals surface area contributed by atoms with E-state index in [-0.39, 0.29) is 0 Å². The molecule has 0 saturated heterocycles. The molecule has 0 fully saturated rings. The van der Waals surface area contributed by atoms with Crippen LogP contribution < -0.4 is 0 Å². The van der Waals surface area contributed by atoms with Crippen LogP contribution in [0.1, 0.15) is 0 Å². The Kier molecular flexibility index (Phi) is 34.3. The number of rotatable bonds is 0. The van der Waals surface area contributed by atoms with Crippen molar-refractivity contribution in [1.82, 2.24) is 0 Å². The van der Waals surface area contributed by atoms with Gasteiger partial charge in [0.25, 0.3) is 0 Å². The van der Waals surface area contributed by atoms with E-state index >= 15 is 0 Å². The molecule has 29 valence electrons. The quantitative estimate of drug-likeness (QED) is 0.362. The maximum absolute atomic E-state index is 5.25. The van der Waals surface area contributed by atoms with Crippen LogP contribution in [-0.4, -0.2) is 0 Å². The van der Waals surface area contributed by atoms with Gasteiger partial charge >= 0.3 is 49.4 Å². The van der Waals surface area contributed by atoms with E-state index in [0.29, 0.717) is 9.47 Å². The summed E-state index contributed by atoms with van der Waals surface area (Å²) in [5.41, 5.74) is 0. The first-order valence-corrected chi connectivity index (χ1v) is 9.64. The van der Waals surface area contributed by atoms with Crippen LogP contribution in [-0.2, 0) is 9.47 Å². The van der Waals surface area contributed by atoms with E-state index in [1.165, 1.54) is 0 Å². The third-order valence-electron chi connectivity index (χ3n) is 0. The van der Waals surface area contributed by atoms with E-state index in [4.69, 9.17) is 6.42 Å². The Hall–Kier alpha value is 1.60. The molecule has 0 heterocycles. The molecule has 0 saturated carbocycles. The third-order valence-corrected chi connectivity index (χ3v) is 0. The predicted octanol–water partition coefficient (Wildman–Crippen LogP) is 1.97. The Balaban J connectivity index is 0. The van der Waals surface area contributed by atoms with E-state index in [1.54, 1.807) is 0 Å². The molecule has 0 aromatic heterocycles. The Morgan fingerprint density at radius 2 is 1.40 bits per heavy atom. The van der Waals surface area contributed by atoms with Crippen LogP contribution in [0.2, 0.25) is 0 Å². The van der Waals surface area contributed by atoms with E-state index in [1.807, 2.05) is 0 Å². The number of halogens is 2. The van der Waals surface area contributed by atoms with Crippen LogP contribution in [0.4, 0.5) is 0 Å². The van der Waals surface area contributed by atoms with Gasteiger partial charge in [0.05, 0.1) is 0 Å². The second-order valence-electron chi connectivity index (χ2n) is 0.0639. The molecule has 0 aromatic rings. The summed E-state index contributed by atoms with van der Waals surface area (Å²) in [6.07, 6.45) is 9.00. The van der Waals surface area contributed by atoms with Crippen molar-refractivity contribution in [3.05, 3.63) is 6.42 Å². The Morgan fingerprint density at radius 3 is 1.40 bits per heavy atom. The van der Waals surface area contributed by atoms with Crippen molar-refractivity contribution in [3.63, 3.8) is 0 Å². The van der Waals surface area contributed by atoms with Gasteiger partial charge in [-0.3, -0.25) is 0 Å². The molecule has 0 unspecified atom stereocenters. The summed E-state index contributed by atoms with van der Waals surface area (Å²) in [6.45, 7) is 0. The van der Waals surface area contributed by atoms with Crippen LogP contribution in [0.25, 0.3) is 0 Å². The first-order valence-electron chi connectivity index (χ1n) is 0.627. The van der Waals surface area contributed by atoms with Gasteiger partial charge in [0.1, 0.15) is 0 Å². The molecule has 0 spiro atoms. The molecule has 3 heteroatoms. The molecule has 5 heavy (non-hydrogen) atoms. The zero-order valence-corrected chi connectivity index (χ0v) is 7.99. The van der Waals surface area contributed by atoms with E-state index in [0.717, 1.165) is 0 Å². The summed E-state index contributed by atoms with van der Waals surface area (Å²) in [4.78, 5) is 0. The zero-order chi connectivity index (χ0) is 4.71. The molecule has 0 nitrogen and oxygen atoms in total. The SMILES string of the molecule is [C-]#C.[I][V][I]. The van der Waals surface area contributed by atoms with Crippen molar-refractivity contribution in [2.75, 3.05) is 0 Å². The fourth-order valence-electron chi connectivity index (χ4n) is 0. The molecule has 0 N–H and O–H groups in total. The van der Waals surface area contributed by atoms with Crippen molar-refractivity contribution in [2.24, 2.45) is 0 Å². The summed E-state index contributed by atoms with van der Waals surface area (Å²) in [5.74, 6) is 0. The summed E-state index contributed by atoms with van der Waals surface area (Å²) in [6, 6.07) is 0. The van der Waals surface area contributed by atoms with Crippen molar-refractivity contribution in [2.45, 2.75) is 0 Å². The Morgan fingerprint density at radius 1 is 1.40 bits per heavy atom. The second-order valence-corrected chi connectivity index (χ2v) is 11.9. The normalized spacial score (nSPS) is 3.20. The van der Waals surface area contributed by atoms with Crippen molar-refractivity contribution in [3.8, 4) is 6.42 Å². The molecule has 0 aromatic carbocycles. The average Bonchev–Trinajstić information content (AvgIpc) is 1.46. The van der Waals surface area contributed by atoms with Gasteiger partial charge in [-0.2, -0.15) is 0 Å². The molecular weight excluding hydrogens is 329 g/mol. The maximum atomic E-state index is 5.25. The van der Waals surface area contributed by atoms with Gasteiger partial charge < -0.3 is 12.8 Å². The van der Waals surface area contributed by atoms with Crippen LogP contribution in [0.3, 0.4) is 0 Å². The molecule has 0 aliphatic rings. The van der Waals surface area contributed by atoms with Crippen LogP contribution in [0, 0.1) is 12.8 Å². The van der Waals surface area contributed by atoms with Crippen LogP contribution in [0.15, 0.2) is 0 Å². The van der Waals surface area contributed by atoms with Gasteiger partial charge in [-0.1, -0.05) is 0 Å². The average molecular weight is 330 g/mol. The standard InChI is InChI=1S/C2H.2HI.V/c1-2;;;/h1H;2*1H;/q-1;;;+2/p-2. The molecule has 0 bridgehead atoms. The number of hydrogen-bond donors (Lipinski definition) is 0. The Bertz CT molecular complexity index is 18.9. The van der Waals surface area contributed by atoms with Gasteiger partial charge in [0, 0.05) is 0 Å². The topological polar surface area (TPSA) is 0 Å². The van der Waals surface area contributed by atoms with Gasteiger partial charge in [-0.25, -0.2) is 0 Å². The van der Waals surface area contributed by atoms with Crippen LogP contribution in [0.5, 0.6) is 0 Å². The molecule has 0 aliphatic carbocycles. The van der Waals surface area contributed by atoms with E-state index in [9.17, 15) is 0 Å². The predicted molar refractivity (Wildman–Crippen MR) is 36.2 cm³/mol. The first-order chi connectivity index (χ1) is 2.41. The monoisotopic (exact) mass is 330 g/mol. The van der Waals surface area contributed by atoms with Gasteiger partial charge in [-0.15, -0.1) is 0 Å². The molecule has 0 atom stereocenters. The molecule has 0 radical (unpaired) electrons. The summed E-state index contributed by atoms with van der Waals surface area (Å²) >= 11 is 4.74. The summed E-state index contributed by atoms with van der Waals surface area (Å²) in [5, 5.41) is 0. The van der Waals surface area contributed by atoms with Crippen molar-refractivity contribution < 1.29 is 9.47 Å². The second kappa shape index (κ2) is 17.5.